The van der Waals surface area contributed by atoms with Crippen LogP contribution in [0.1, 0.15) is 48.1 Å². The number of anilines is 2. The molecular weight excluding hydrogens is 406 g/mol. The number of carbonyl (C=O) groups excluding carboxylic acids is 1. The first-order chi connectivity index (χ1) is 14.9. The number of hydrogen-bond acceptors (Lipinski definition) is 5. The van der Waals surface area contributed by atoms with Crippen LogP contribution >= 0.6 is 11.3 Å². The van der Waals surface area contributed by atoms with E-state index in [-0.39, 0.29) is 11.8 Å². The van der Waals surface area contributed by atoms with E-state index in [0.717, 1.165) is 64.2 Å². The van der Waals surface area contributed by atoms with Gasteiger partial charge in [0.2, 0.25) is 5.91 Å². The highest BCUT2D eigenvalue weighted by atomic mass is 32.1. The van der Waals surface area contributed by atoms with E-state index in [1.54, 1.807) is 6.07 Å². The Morgan fingerprint density at radius 2 is 1.90 bits per heavy atom. The molecule has 1 amide bonds. The molecule has 3 N–H and O–H groups in total. The average molecular weight is 436 g/mol. The molecule has 2 aromatic carbocycles. The number of aromatic hydroxyl groups is 1. The molecule has 6 heteroatoms. The minimum atomic E-state index is 0.0990. The third kappa shape index (κ3) is 4.90. The van der Waals surface area contributed by atoms with Gasteiger partial charge in [0.25, 0.3) is 0 Å². The summed E-state index contributed by atoms with van der Waals surface area (Å²) in [6.45, 7) is 6.55. The number of thiazole rings is 1. The van der Waals surface area contributed by atoms with Gasteiger partial charge in [-0.1, -0.05) is 48.4 Å². The number of benzene rings is 2. The van der Waals surface area contributed by atoms with Crippen molar-refractivity contribution in [1.82, 2.24) is 4.98 Å². The molecule has 0 saturated heterocycles. The molecule has 0 spiro atoms. The van der Waals surface area contributed by atoms with Gasteiger partial charge in [0.15, 0.2) is 5.13 Å². The molecule has 1 fully saturated rings. The molecular formula is C25H29N3O2S. The zero-order chi connectivity index (χ0) is 22.0. The van der Waals surface area contributed by atoms with Gasteiger partial charge in [0.05, 0.1) is 10.6 Å². The maximum absolute atomic E-state index is 12.5. The second-order valence-corrected chi connectivity index (χ2v) is 9.42. The zero-order valence-corrected chi connectivity index (χ0v) is 19.1. The van der Waals surface area contributed by atoms with Crippen LogP contribution in [0.25, 0.3) is 10.4 Å². The van der Waals surface area contributed by atoms with Crippen molar-refractivity contribution in [3.63, 3.8) is 0 Å². The van der Waals surface area contributed by atoms with E-state index < -0.39 is 0 Å². The fourth-order valence-corrected chi connectivity index (χ4v) is 5.05. The molecule has 162 valence electrons. The number of rotatable bonds is 6. The highest BCUT2D eigenvalue weighted by molar-refractivity contribution is 7.19. The Bertz CT molecular complexity index is 1100. The van der Waals surface area contributed by atoms with E-state index in [4.69, 9.17) is 0 Å². The number of phenols is 1. The second-order valence-electron chi connectivity index (χ2n) is 8.42. The van der Waals surface area contributed by atoms with Crippen molar-refractivity contribution in [2.45, 2.75) is 53.0 Å². The maximum atomic E-state index is 12.5. The highest BCUT2D eigenvalue weighted by Gasteiger charge is 2.24. The lowest BCUT2D eigenvalue weighted by Gasteiger charge is -2.13. The van der Waals surface area contributed by atoms with Crippen molar-refractivity contribution >= 4 is 28.1 Å². The fraction of sp³-hybridized carbons (Fsp3) is 0.360. The number of nitrogens with one attached hydrogen (secondary N) is 2. The van der Waals surface area contributed by atoms with Gasteiger partial charge in [0, 0.05) is 23.7 Å². The summed E-state index contributed by atoms with van der Waals surface area (Å²) in [4.78, 5) is 18.1. The standard InChI is InChI=1S/C25H29N3O2S/c1-15-8-10-20(22(29)12-15)14-26-21-13-19(11-9-16(21)2)23-17(3)27-25(31-23)28-24(30)18-6-4-5-7-18/h8-13,18,26,29H,4-7,14H2,1-3H3,(H,27,28,30). The van der Waals surface area contributed by atoms with Crippen LogP contribution in [0.15, 0.2) is 36.4 Å². The van der Waals surface area contributed by atoms with E-state index in [9.17, 15) is 9.90 Å². The van der Waals surface area contributed by atoms with Crippen molar-refractivity contribution in [2.24, 2.45) is 5.92 Å². The monoisotopic (exact) mass is 435 g/mol. The van der Waals surface area contributed by atoms with Crippen molar-refractivity contribution in [1.29, 1.82) is 0 Å². The van der Waals surface area contributed by atoms with Crippen molar-refractivity contribution in [3.05, 3.63) is 58.8 Å². The lowest BCUT2D eigenvalue weighted by Crippen LogP contribution is -2.20. The number of nitrogens with zero attached hydrogens (tertiary/aromatic N) is 1. The zero-order valence-electron chi connectivity index (χ0n) is 18.3. The summed E-state index contributed by atoms with van der Waals surface area (Å²) < 4.78 is 0. The van der Waals surface area contributed by atoms with Crippen molar-refractivity contribution in [3.8, 4) is 16.2 Å². The Labute approximate surface area is 187 Å². The highest BCUT2D eigenvalue weighted by Crippen LogP contribution is 2.36. The SMILES string of the molecule is Cc1ccc(CNc2cc(-c3sc(NC(=O)C4CCCC4)nc3C)ccc2C)c(O)c1. The Kier molecular flexibility index (Phi) is 6.28. The number of aromatic nitrogens is 1. The molecule has 1 aliphatic rings. The van der Waals surface area contributed by atoms with Crippen LogP contribution in [0.3, 0.4) is 0 Å². The van der Waals surface area contributed by atoms with Gasteiger partial charge in [-0.2, -0.15) is 0 Å². The topological polar surface area (TPSA) is 74.2 Å². The molecule has 31 heavy (non-hydrogen) atoms. The van der Waals surface area contributed by atoms with Crippen LogP contribution < -0.4 is 10.6 Å². The maximum Gasteiger partial charge on any atom is 0.229 e. The number of carbonyl (C=O) groups is 1. The summed E-state index contributed by atoms with van der Waals surface area (Å²) in [5, 5.41) is 17.3. The van der Waals surface area contributed by atoms with E-state index in [1.165, 1.54) is 11.3 Å². The Morgan fingerprint density at radius 3 is 2.65 bits per heavy atom. The minimum Gasteiger partial charge on any atom is -0.508 e. The summed E-state index contributed by atoms with van der Waals surface area (Å²) in [6, 6.07) is 12.0. The Morgan fingerprint density at radius 1 is 1.13 bits per heavy atom. The van der Waals surface area contributed by atoms with Gasteiger partial charge in [0.1, 0.15) is 5.75 Å². The third-order valence-corrected chi connectivity index (χ3v) is 7.08. The summed E-state index contributed by atoms with van der Waals surface area (Å²) in [7, 11) is 0. The largest absolute Gasteiger partial charge is 0.508 e. The predicted octanol–water partition coefficient (Wildman–Crippen LogP) is 6.18. The molecule has 3 aromatic rings. The van der Waals surface area contributed by atoms with Gasteiger partial charge >= 0.3 is 0 Å². The third-order valence-electron chi connectivity index (χ3n) is 5.96. The summed E-state index contributed by atoms with van der Waals surface area (Å²) >= 11 is 1.52. The molecule has 1 saturated carbocycles. The van der Waals surface area contributed by atoms with Crippen molar-refractivity contribution in [2.75, 3.05) is 10.6 Å². The van der Waals surface area contributed by atoms with Crippen LogP contribution in [0.5, 0.6) is 5.75 Å². The van der Waals surface area contributed by atoms with Crippen LogP contribution in [-0.2, 0) is 11.3 Å². The minimum absolute atomic E-state index is 0.0990. The lowest BCUT2D eigenvalue weighted by atomic mass is 10.1. The predicted molar refractivity (Wildman–Crippen MR) is 128 cm³/mol. The van der Waals surface area contributed by atoms with Crippen LogP contribution in [0.2, 0.25) is 0 Å². The number of phenolic OH excluding ortho intramolecular Hbond substituents is 1. The fourth-order valence-electron chi connectivity index (χ4n) is 4.08. The van der Waals surface area contributed by atoms with Crippen molar-refractivity contribution < 1.29 is 9.90 Å². The van der Waals surface area contributed by atoms with Crippen LogP contribution in [0.4, 0.5) is 10.8 Å². The normalized spacial score (nSPS) is 14.0. The number of aryl methyl sites for hydroxylation is 3. The first kappa shape index (κ1) is 21.4. The first-order valence-corrected chi connectivity index (χ1v) is 11.6. The van der Waals surface area contributed by atoms with E-state index >= 15 is 0 Å². The molecule has 1 heterocycles. The number of amides is 1. The number of hydrogen-bond donors (Lipinski definition) is 3. The van der Waals surface area contributed by atoms with E-state index in [0.29, 0.717) is 17.4 Å². The summed E-state index contributed by atoms with van der Waals surface area (Å²) in [5.41, 5.74) is 6.03. The average Bonchev–Trinajstić information content (AvgIpc) is 3.39. The molecule has 1 aromatic heterocycles. The molecule has 0 aliphatic heterocycles. The van der Waals surface area contributed by atoms with Gasteiger partial charge in [-0.25, -0.2) is 4.98 Å². The van der Waals surface area contributed by atoms with Gasteiger partial charge in [-0.15, -0.1) is 0 Å². The molecule has 0 bridgehead atoms. The molecule has 0 radical (unpaired) electrons. The molecule has 0 atom stereocenters. The van der Waals surface area contributed by atoms with E-state index in [2.05, 4.69) is 40.7 Å². The summed E-state index contributed by atoms with van der Waals surface area (Å²) in [6.07, 6.45) is 4.23. The smallest absolute Gasteiger partial charge is 0.229 e. The van der Waals surface area contributed by atoms with Gasteiger partial charge in [-0.05, 0) is 62.4 Å². The lowest BCUT2D eigenvalue weighted by molar-refractivity contribution is -0.119. The van der Waals surface area contributed by atoms with Crippen LogP contribution in [0, 0.1) is 26.7 Å². The Balaban J connectivity index is 1.51. The molecule has 4 rings (SSSR count). The molecule has 1 aliphatic carbocycles. The molecule has 5 nitrogen and oxygen atoms in total. The van der Waals surface area contributed by atoms with Crippen LogP contribution in [-0.4, -0.2) is 16.0 Å². The van der Waals surface area contributed by atoms with Gasteiger partial charge in [-0.3, -0.25) is 4.79 Å². The van der Waals surface area contributed by atoms with Gasteiger partial charge < -0.3 is 15.7 Å². The first-order valence-electron chi connectivity index (χ1n) is 10.8. The second kappa shape index (κ2) is 9.10. The summed E-state index contributed by atoms with van der Waals surface area (Å²) in [5.74, 6) is 0.533. The van der Waals surface area contributed by atoms with E-state index in [1.807, 2.05) is 26.0 Å². The molecule has 0 unspecified atom stereocenters. The quantitative estimate of drug-likeness (QED) is 0.432. The Hall–Kier alpha value is -2.86.